The van der Waals surface area contributed by atoms with Crippen molar-refractivity contribution in [2.24, 2.45) is 0 Å². The first kappa shape index (κ1) is 21.6. The number of nitrogens with zero attached hydrogens (tertiary/aromatic N) is 2. The molecule has 1 saturated heterocycles. The van der Waals surface area contributed by atoms with Crippen molar-refractivity contribution in [3.8, 4) is 10.4 Å². The van der Waals surface area contributed by atoms with Gasteiger partial charge < -0.3 is 20.6 Å². The van der Waals surface area contributed by atoms with Gasteiger partial charge in [-0.2, -0.15) is 0 Å². The van der Waals surface area contributed by atoms with E-state index in [9.17, 15) is 14.7 Å². The lowest BCUT2D eigenvalue weighted by Gasteiger charge is -2.26. The average molecular weight is 463 g/mol. The van der Waals surface area contributed by atoms with E-state index in [2.05, 4.69) is 15.6 Å². The number of aromatic nitrogens is 1. The molecular weight excluding hydrogens is 436 g/mol. The number of hydrogen-bond donors (Lipinski definition) is 3. The molecule has 0 saturated carbocycles. The third-order valence-corrected chi connectivity index (χ3v) is 7.34. The van der Waals surface area contributed by atoms with Crippen molar-refractivity contribution in [2.75, 3.05) is 11.9 Å². The summed E-state index contributed by atoms with van der Waals surface area (Å²) in [6.45, 7) is 2.53. The van der Waals surface area contributed by atoms with E-state index in [1.54, 1.807) is 11.3 Å². The Balaban J connectivity index is 1.21. The van der Waals surface area contributed by atoms with Gasteiger partial charge >= 0.3 is 0 Å². The van der Waals surface area contributed by atoms with Crippen molar-refractivity contribution in [1.82, 2.24) is 15.2 Å². The van der Waals surface area contributed by atoms with E-state index >= 15 is 0 Å². The Hall–Kier alpha value is -3.23. The molecule has 0 aliphatic carbocycles. The summed E-state index contributed by atoms with van der Waals surface area (Å²) in [7, 11) is 0. The second-order valence-electron chi connectivity index (χ2n) is 8.64. The maximum absolute atomic E-state index is 13.2. The maximum Gasteiger partial charge on any atom is 0.246 e. The Morgan fingerprint density at radius 2 is 2.00 bits per heavy atom. The smallest absolute Gasteiger partial charge is 0.246 e. The summed E-state index contributed by atoms with van der Waals surface area (Å²) in [5.74, 6) is -0.384. The molecule has 2 amide bonds. The van der Waals surface area contributed by atoms with Gasteiger partial charge in [-0.3, -0.25) is 9.59 Å². The van der Waals surface area contributed by atoms with Gasteiger partial charge in [-0.25, -0.2) is 4.98 Å². The first-order valence-corrected chi connectivity index (χ1v) is 12.0. The average Bonchev–Trinajstić information content (AvgIpc) is 3.55. The number of nitrogens with one attached hydrogen (secondary N) is 2. The van der Waals surface area contributed by atoms with Crippen LogP contribution in [0.25, 0.3) is 10.4 Å². The number of likely N-dealkylation sites (tertiary alicyclic amines) is 1. The quantitative estimate of drug-likeness (QED) is 0.542. The second-order valence-corrected chi connectivity index (χ2v) is 9.49. The number of rotatable bonds is 5. The second kappa shape index (κ2) is 8.96. The van der Waals surface area contributed by atoms with Crippen LogP contribution < -0.4 is 10.6 Å². The lowest BCUT2D eigenvalue weighted by Crippen LogP contribution is -2.50. The molecule has 1 aromatic heterocycles. The molecular formula is C25H26N4O3S. The first-order valence-electron chi connectivity index (χ1n) is 11.1. The van der Waals surface area contributed by atoms with Gasteiger partial charge in [0.15, 0.2) is 0 Å². The van der Waals surface area contributed by atoms with Crippen molar-refractivity contribution >= 4 is 28.8 Å². The number of aryl methyl sites for hydroxylation is 1. The van der Waals surface area contributed by atoms with Crippen molar-refractivity contribution in [3.63, 3.8) is 0 Å². The summed E-state index contributed by atoms with van der Waals surface area (Å²) < 4.78 is 0. The Morgan fingerprint density at radius 3 is 2.73 bits per heavy atom. The van der Waals surface area contributed by atoms with E-state index in [0.29, 0.717) is 13.0 Å². The highest BCUT2D eigenvalue weighted by atomic mass is 32.1. The van der Waals surface area contributed by atoms with E-state index in [4.69, 9.17) is 0 Å². The maximum atomic E-state index is 13.2. The largest absolute Gasteiger partial charge is 0.391 e. The highest BCUT2D eigenvalue weighted by Gasteiger charge is 2.42. The summed E-state index contributed by atoms with van der Waals surface area (Å²) in [6.07, 6.45) is 0.137. The van der Waals surface area contributed by atoms with Crippen molar-refractivity contribution < 1.29 is 14.7 Å². The lowest BCUT2D eigenvalue weighted by molar-refractivity contribution is -0.139. The van der Waals surface area contributed by atoms with Crippen molar-refractivity contribution in [3.05, 3.63) is 70.9 Å². The topological polar surface area (TPSA) is 94.6 Å². The lowest BCUT2D eigenvalue weighted by atomic mass is 10.1. The molecule has 5 rings (SSSR count). The molecule has 0 bridgehead atoms. The fourth-order valence-electron chi connectivity index (χ4n) is 4.61. The van der Waals surface area contributed by atoms with Crippen LogP contribution >= 0.6 is 11.3 Å². The standard InChI is InChI=1S/C25H26N4O3S/c1-15-23(33-14-27-15)17-8-6-16(7-9-17)12-26-24(31)22-11-19(30)13-29(22)25(32)21-10-18-4-2-3-5-20(18)28-21/h2-9,14,19,21-22,28,30H,10-13H2,1H3,(H,26,31)/t19-,21?,22+/m1/s1. The van der Waals surface area contributed by atoms with Gasteiger partial charge in [0.1, 0.15) is 12.1 Å². The molecule has 33 heavy (non-hydrogen) atoms. The summed E-state index contributed by atoms with van der Waals surface area (Å²) in [4.78, 5) is 33.1. The molecule has 2 aliphatic heterocycles. The Labute approximate surface area is 196 Å². The van der Waals surface area contributed by atoms with Crippen LogP contribution in [0.3, 0.4) is 0 Å². The number of β-amino-alcohol motifs (C(OH)–C–C–N with tert-alkyl or cyclic N) is 1. The monoisotopic (exact) mass is 462 g/mol. The number of carbonyl (C=O) groups is 2. The number of thiazole rings is 1. The number of aliphatic hydroxyl groups is 1. The number of amides is 2. The third kappa shape index (κ3) is 4.36. The number of carbonyl (C=O) groups excluding carboxylic acids is 2. The molecule has 1 fully saturated rings. The number of aliphatic hydroxyl groups excluding tert-OH is 1. The molecule has 2 aliphatic rings. The fraction of sp³-hybridized carbons (Fsp3) is 0.320. The minimum Gasteiger partial charge on any atom is -0.391 e. The minimum atomic E-state index is -0.699. The van der Waals surface area contributed by atoms with Crippen molar-refractivity contribution in [2.45, 2.75) is 44.5 Å². The first-order chi connectivity index (χ1) is 16.0. The normalized spacial score (nSPS) is 21.5. The highest BCUT2D eigenvalue weighted by Crippen LogP contribution is 2.29. The molecule has 170 valence electrons. The molecule has 3 N–H and O–H groups in total. The molecule has 8 heteroatoms. The predicted octanol–water partition coefficient (Wildman–Crippen LogP) is 2.73. The Morgan fingerprint density at radius 1 is 1.21 bits per heavy atom. The summed E-state index contributed by atoms with van der Waals surface area (Å²) in [5, 5.41) is 16.4. The molecule has 1 unspecified atom stereocenters. The molecule has 0 spiro atoms. The van der Waals surface area contributed by atoms with Crippen molar-refractivity contribution in [1.29, 1.82) is 0 Å². The van der Waals surface area contributed by atoms with Gasteiger partial charge in [-0.05, 0) is 29.7 Å². The number of anilines is 1. The zero-order valence-electron chi connectivity index (χ0n) is 18.3. The number of hydrogen-bond acceptors (Lipinski definition) is 6. The van der Waals surface area contributed by atoms with Gasteiger partial charge in [0.05, 0.1) is 22.2 Å². The van der Waals surface area contributed by atoms with E-state index in [1.165, 1.54) is 4.90 Å². The van der Waals surface area contributed by atoms with Crippen LogP contribution in [0.15, 0.2) is 54.0 Å². The van der Waals surface area contributed by atoms with E-state index in [0.717, 1.165) is 32.9 Å². The van der Waals surface area contributed by atoms with Gasteiger partial charge in [-0.1, -0.05) is 42.5 Å². The molecule has 3 atom stereocenters. The van der Waals surface area contributed by atoms with Crippen LogP contribution in [0.1, 0.15) is 23.2 Å². The van der Waals surface area contributed by atoms with E-state index < -0.39 is 18.2 Å². The summed E-state index contributed by atoms with van der Waals surface area (Å²) in [6, 6.07) is 14.8. The summed E-state index contributed by atoms with van der Waals surface area (Å²) >= 11 is 1.61. The van der Waals surface area contributed by atoms with Gasteiger partial charge in [0, 0.05) is 31.6 Å². The molecule has 2 aromatic carbocycles. The van der Waals surface area contributed by atoms with Crippen LogP contribution in [-0.4, -0.2) is 51.5 Å². The number of fused-ring (bicyclic) bond motifs is 1. The molecule has 7 nitrogen and oxygen atoms in total. The molecule has 0 radical (unpaired) electrons. The van der Waals surface area contributed by atoms with Crippen LogP contribution in [0.2, 0.25) is 0 Å². The van der Waals surface area contributed by atoms with E-state index in [1.807, 2.05) is 61.0 Å². The van der Waals surface area contributed by atoms with Gasteiger partial charge in [-0.15, -0.1) is 11.3 Å². The van der Waals surface area contributed by atoms with Crippen LogP contribution in [0.4, 0.5) is 5.69 Å². The zero-order valence-corrected chi connectivity index (χ0v) is 19.1. The van der Waals surface area contributed by atoms with Crippen LogP contribution in [-0.2, 0) is 22.6 Å². The molecule has 3 aromatic rings. The fourth-order valence-corrected chi connectivity index (χ4v) is 5.42. The molecule has 3 heterocycles. The Kier molecular flexibility index (Phi) is 5.86. The van der Waals surface area contributed by atoms with Gasteiger partial charge in [0.25, 0.3) is 0 Å². The Bertz CT molecular complexity index is 1150. The third-order valence-electron chi connectivity index (χ3n) is 6.36. The summed E-state index contributed by atoms with van der Waals surface area (Å²) in [5.41, 5.74) is 6.96. The van der Waals surface area contributed by atoms with E-state index in [-0.39, 0.29) is 24.8 Å². The SMILES string of the molecule is Cc1ncsc1-c1ccc(CNC(=O)[C@@H]2C[C@@H](O)CN2C(=O)C2Cc3ccccc3N2)cc1. The van der Waals surface area contributed by atoms with Crippen LogP contribution in [0.5, 0.6) is 0 Å². The number of para-hydroxylation sites is 1. The van der Waals surface area contributed by atoms with Gasteiger partial charge in [0.2, 0.25) is 11.8 Å². The number of benzene rings is 2. The van der Waals surface area contributed by atoms with Crippen LogP contribution in [0, 0.1) is 6.92 Å². The minimum absolute atomic E-state index is 0.146. The zero-order chi connectivity index (χ0) is 22.9. The highest BCUT2D eigenvalue weighted by molar-refractivity contribution is 7.13. The predicted molar refractivity (Wildman–Crippen MR) is 128 cm³/mol.